The first-order chi connectivity index (χ1) is 10.4. The molecule has 0 aliphatic heterocycles. The third-order valence-corrected chi connectivity index (χ3v) is 4.15. The fourth-order valence-corrected chi connectivity index (χ4v) is 2.85. The van der Waals surface area contributed by atoms with Crippen LogP contribution in [0.3, 0.4) is 0 Å². The molecule has 0 saturated carbocycles. The van der Waals surface area contributed by atoms with Crippen LogP contribution >= 0.6 is 11.8 Å². The Labute approximate surface area is 130 Å². The van der Waals surface area contributed by atoms with E-state index in [1.807, 2.05) is 4.68 Å². The second-order valence-corrected chi connectivity index (χ2v) is 5.93. The summed E-state index contributed by atoms with van der Waals surface area (Å²) in [5.41, 5.74) is 1.39. The number of aryl methyl sites for hydroxylation is 1. The molecule has 1 N–H and O–H groups in total. The maximum atomic E-state index is 4.10. The summed E-state index contributed by atoms with van der Waals surface area (Å²) in [6.07, 6.45) is 3.39. The van der Waals surface area contributed by atoms with E-state index in [0.717, 1.165) is 49.8 Å². The molecule has 0 amide bonds. The zero-order valence-corrected chi connectivity index (χ0v) is 13.4. The van der Waals surface area contributed by atoms with Gasteiger partial charge in [-0.25, -0.2) is 4.68 Å². The van der Waals surface area contributed by atoms with Crippen molar-refractivity contribution in [1.29, 1.82) is 0 Å². The van der Waals surface area contributed by atoms with Gasteiger partial charge in [-0.3, -0.25) is 0 Å². The summed E-state index contributed by atoms with van der Waals surface area (Å²) >= 11 is 1.74. The summed E-state index contributed by atoms with van der Waals surface area (Å²) in [7, 11) is 0. The van der Waals surface area contributed by atoms with Gasteiger partial charge in [0.05, 0.1) is 6.54 Å². The highest BCUT2D eigenvalue weighted by atomic mass is 32.2. The molecule has 0 radical (unpaired) electrons. The van der Waals surface area contributed by atoms with Gasteiger partial charge in [0.15, 0.2) is 0 Å². The van der Waals surface area contributed by atoms with Crippen molar-refractivity contribution in [1.82, 2.24) is 25.5 Å². The fourth-order valence-electron chi connectivity index (χ4n) is 2.01. The first-order valence-corrected chi connectivity index (χ1v) is 8.52. The number of aromatic nitrogens is 4. The monoisotopic (exact) mass is 305 g/mol. The van der Waals surface area contributed by atoms with E-state index in [-0.39, 0.29) is 0 Å². The van der Waals surface area contributed by atoms with Gasteiger partial charge in [0.1, 0.15) is 0 Å². The normalized spacial score (nSPS) is 10.9. The van der Waals surface area contributed by atoms with Crippen molar-refractivity contribution in [3.05, 3.63) is 35.9 Å². The molecule has 1 aromatic carbocycles. The number of nitrogens with zero attached hydrogens (tertiary/aromatic N) is 4. The van der Waals surface area contributed by atoms with Crippen molar-refractivity contribution in [3.8, 4) is 0 Å². The Morgan fingerprint density at radius 3 is 2.86 bits per heavy atom. The third-order valence-electron chi connectivity index (χ3n) is 3.11. The van der Waals surface area contributed by atoms with Crippen LogP contribution in [-0.2, 0) is 13.0 Å². The standard InChI is InChI=1S/C15H23N5S/c1-2-10-16-11-12-20-15(17-18-19-20)21-13-6-9-14-7-4-3-5-8-14/h3-5,7-8,16H,2,6,9-13H2,1H3. The van der Waals surface area contributed by atoms with Crippen LogP contribution in [0.5, 0.6) is 0 Å². The lowest BCUT2D eigenvalue weighted by Crippen LogP contribution is -2.21. The van der Waals surface area contributed by atoms with Crippen LogP contribution in [0.1, 0.15) is 25.3 Å². The van der Waals surface area contributed by atoms with Crippen LogP contribution in [-0.4, -0.2) is 39.0 Å². The first kappa shape index (κ1) is 16.0. The zero-order valence-electron chi connectivity index (χ0n) is 12.5. The van der Waals surface area contributed by atoms with Crippen LogP contribution in [0, 0.1) is 0 Å². The molecule has 2 aromatic rings. The highest BCUT2D eigenvalue weighted by molar-refractivity contribution is 7.99. The Kier molecular flexibility index (Phi) is 7.24. The van der Waals surface area contributed by atoms with Gasteiger partial charge < -0.3 is 5.32 Å². The summed E-state index contributed by atoms with van der Waals surface area (Å²) in [4.78, 5) is 0. The lowest BCUT2D eigenvalue weighted by atomic mass is 10.1. The molecule has 0 bridgehead atoms. The maximum Gasteiger partial charge on any atom is 0.209 e. The summed E-state index contributed by atoms with van der Waals surface area (Å²) in [6, 6.07) is 10.6. The number of thioether (sulfide) groups is 1. The summed E-state index contributed by atoms with van der Waals surface area (Å²) in [5, 5.41) is 16.2. The van der Waals surface area contributed by atoms with E-state index in [1.165, 1.54) is 5.56 Å². The average Bonchev–Trinajstić information content (AvgIpc) is 2.97. The van der Waals surface area contributed by atoms with Crippen molar-refractivity contribution in [2.45, 2.75) is 37.9 Å². The van der Waals surface area contributed by atoms with Gasteiger partial charge in [-0.15, -0.1) is 5.10 Å². The van der Waals surface area contributed by atoms with Crippen molar-refractivity contribution in [2.24, 2.45) is 0 Å². The van der Waals surface area contributed by atoms with Gasteiger partial charge >= 0.3 is 0 Å². The minimum absolute atomic E-state index is 0.827. The molecular weight excluding hydrogens is 282 g/mol. The largest absolute Gasteiger partial charge is 0.315 e. The SMILES string of the molecule is CCCNCCn1nnnc1SCCCc1ccccc1. The van der Waals surface area contributed by atoms with Crippen molar-refractivity contribution < 1.29 is 0 Å². The van der Waals surface area contributed by atoms with Gasteiger partial charge in [-0.05, 0) is 41.8 Å². The molecule has 21 heavy (non-hydrogen) atoms. The predicted octanol–water partition coefficient (Wildman–Crippen LogP) is 2.40. The molecule has 0 spiro atoms. The van der Waals surface area contributed by atoms with Gasteiger partial charge in [-0.2, -0.15) is 0 Å². The molecule has 0 aliphatic carbocycles. The van der Waals surface area contributed by atoms with Crippen LogP contribution in [0.25, 0.3) is 0 Å². The van der Waals surface area contributed by atoms with Gasteiger partial charge in [0.25, 0.3) is 0 Å². The van der Waals surface area contributed by atoms with Crippen molar-refractivity contribution in [3.63, 3.8) is 0 Å². The Bertz CT molecular complexity index is 500. The van der Waals surface area contributed by atoms with Gasteiger partial charge in [0.2, 0.25) is 5.16 Å². The predicted molar refractivity (Wildman–Crippen MR) is 86.5 cm³/mol. The molecule has 6 heteroatoms. The summed E-state index contributed by atoms with van der Waals surface area (Å²) < 4.78 is 1.88. The lowest BCUT2D eigenvalue weighted by molar-refractivity contribution is 0.510. The number of hydrogen-bond donors (Lipinski definition) is 1. The van der Waals surface area contributed by atoms with Gasteiger partial charge in [-0.1, -0.05) is 49.0 Å². The molecule has 1 heterocycles. The van der Waals surface area contributed by atoms with E-state index in [9.17, 15) is 0 Å². The Morgan fingerprint density at radius 2 is 2.05 bits per heavy atom. The quantitative estimate of drug-likeness (QED) is 0.539. The highest BCUT2D eigenvalue weighted by Crippen LogP contribution is 2.15. The smallest absolute Gasteiger partial charge is 0.209 e. The lowest BCUT2D eigenvalue weighted by Gasteiger charge is -2.05. The van der Waals surface area contributed by atoms with Crippen LogP contribution in [0.4, 0.5) is 0 Å². The fraction of sp³-hybridized carbons (Fsp3) is 0.533. The second-order valence-electron chi connectivity index (χ2n) is 4.87. The van der Waals surface area contributed by atoms with E-state index < -0.39 is 0 Å². The van der Waals surface area contributed by atoms with E-state index in [2.05, 4.69) is 58.1 Å². The number of nitrogens with one attached hydrogen (secondary N) is 1. The molecular formula is C15H23N5S. The molecule has 2 rings (SSSR count). The maximum absolute atomic E-state index is 4.10. The summed E-state index contributed by atoms with van der Waals surface area (Å²) in [6.45, 7) is 4.95. The van der Waals surface area contributed by atoms with Gasteiger partial charge in [0, 0.05) is 12.3 Å². The van der Waals surface area contributed by atoms with Crippen molar-refractivity contribution in [2.75, 3.05) is 18.8 Å². The Hall–Kier alpha value is -1.40. The Morgan fingerprint density at radius 1 is 1.19 bits per heavy atom. The average molecular weight is 305 g/mol. The van der Waals surface area contributed by atoms with E-state index in [0.29, 0.717) is 0 Å². The number of tetrazole rings is 1. The third kappa shape index (κ3) is 5.85. The number of benzene rings is 1. The molecule has 0 unspecified atom stereocenters. The molecule has 0 atom stereocenters. The van der Waals surface area contributed by atoms with Crippen molar-refractivity contribution >= 4 is 11.8 Å². The molecule has 0 aliphatic rings. The Balaban J connectivity index is 1.67. The van der Waals surface area contributed by atoms with E-state index in [4.69, 9.17) is 0 Å². The molecule has 5 nitrogen and oxygen atoms in total. The molecule has 114 valence electrons. The molecule has 0 saturated heterocycles. The molecule has 1 aromatic heterocycles. The number of rotatable bonds is 10. The summed E-state index contributed by atoms with van der Waals surface area (Å²) in [5.74, 6) is 1.04. The minimum Gasteiger partial charge on any atom is -0.315 e. The van der Waals surface area contributed by atoms with E-state index >= 15 is 0 Å². The zero-order chi connectivity index (χ0) is 14.8. The van der Waals surface area contributed by atoms with Crippen LogP contribution < -0.4 is 5.32 Å². The number of hydrogen-bond acceptors (Lipinski definition) is 5. The van der Waals surface area contributed by atoms with E-state index in [1.54, 1.807) is 11.8 Å². The topological polar surface area (TPSA) is 55.6 Å². The first-order valence-electron chi connectivity index (χ1n) is 7.53. The minimum atomic E-state index is 0.827. The highest BCUT2D eigenvalue weighted by Gasteiger charge is 2.06. The second kappa shape index (κ2) is 9.52. The molecule has 0 fully saturated rings. The van der Waals surface area contributed by atoms with Crippen LogP contribution in [0.15, 0.2) is 35.5 Å². The van der Waals surface area contributed by atoms with Crippen LogP contribution in [0.2, 0.25) is 0 Å².